The largest absolute Gasteiger partial charge is 0.352 e. The monoisotopic (exact) mass is 416 g/mol. The van der Waals surface area contributed by atoms with Crippen LogP contribution < -0.4 is 4.90 Å². The van der Waals surface area contributed by atoms with E-state index in [0.717, 1.165) is 85.9 Å². The molecule has 3 heterocycles. The Morgan fingerprint density at radius 2 is 1.71 bits per heavy atom. The summed E-state index contributed by atoms with van der Waals surface area (Å²) in [5.41, 5.74) is 2.86. The van der Waals surface area contributed by atoms with Crippen LogP contribution in [0.2, 0.25) is 0 Å². The van der Waals surface area contributed by atoms with Crippen molar-refractivity contribution in [3.8, 4) is 5.69 Å². The zero-order valence-corrected chi connectivity index (χ0v) is 18.0. The Bertz CT molecular complexity index is 1120. The Morgan fingerprint density at radius 3 is 2.35 bits per heavy atom. The van der Waals surface area contributed by atoms with Crippen LogP contribution >= 0.6 is 0 Å². The molecule has 1 aromatic carbocycles. The summed E-state index contributed by atoms with van der Waals surface area (Å²) in [6.07, 6.45) is 5.65. The zero-order valence-electron chi connectivity index (χ0n) is 18.0. The highest BCUT2D eigenvalue weighted by atomic mass is 16.2. The zero-order chi connectivity index (χ0) is 20.9. The molecule has 2 aliphatic carbocycles. The molecule has 3 aliphatic rings. The van der Waals surface area contributed by atoms with Crippen molar-refractivity contribution in [2.45, 2.75) is 44.9 Å². The van der Waals surface area contributed by atoms with Gasteiger partial charge in [-0.15, -0.1) is 0 Å². The second-order valence-electron chi connectivity index (χ2n) is 9.15. The number of rotatable bonds is 4. The van der Waals surface area contributed by atoms with Crippen LogP contribution in [0.4, 0.5) is 5.82 Å². The number of nitrogens with zero attached hydrogens (tertiary/aromatic N) is 6. The predicted molar refractivity (Wildman–Crippen MR) is 120 cm³/mol. The molecule has 31 heavy (non-hydrogen) atoms. The molecule has 2 saturated carbocycles. The first-order valence-corrected chi connectivity index (χ1v) is 11.6. The van der Waals surface area contributed by atoms with Crippen molar-refractivity contribution >= 4 is 22.8 Å². The van der Waals surface area contributed by atoms with Gasteiger partial charge in [0.15, 0.2) is 5.65 Å². The molecule has 1 amide bonds. The van der Waals surface area contributed by atoms with Crippen LogP contribution in [0.1, 0.15) is 49.5 Å². The summed E-state index contributed by atoms with van der Waals surface area (Å²) in [7, 11) is 0. The van der Waals surface area contributed by atoms with Gasteiger partial charge in [0, 0.05) is 38.0 Å². The highest BCUT2D eigenvalue weighted by Crippen LogP contribution is 2.40. The second kappa shape index (κ2) is 7.32. The van der Waals surface area contributed by atoms with Gasteiger partial charge < -0.3 is 9.80 Å². The molecule has 0 radical (unpaired) electrons. The number of benzene rings is 1. The van der Waals surface area contributed by atoms with E-state index in [1.54, 1.807) is 0 Å². The minimum atomic E-state index is 0.269. The van der Waals surface area contributed by atoms with E-state index in [-0.39, 0.29) is 5.92 Å². The van der Waals surface area contributed by atoms with Gasteiger partial charge in [0.2, 0.25) is 5.91 Å². The van der Waals surface area contributed by atoms with Gasteiger partial charge in [0.1, 0.15) is 11.6 Å². The Kier molecular flexibility index (Phi) is 4.44. The quantitative estimate of drug-likeness (QED) is 0.652. The number of carbonyl (C=O) groups is 1. The lowest BCUT2D eigenvalue weighted by Crippen LogP contribution is -2.51. The molecular weight excluding hydrogens is 388 g/mol. The molecule has 0 unspecified atom stereocenters. The molecule has 0 bridgehead atoms. The minimum Gasteiger partial charge on any atom is -0.352 e. The lowest BCUT2D eigenvalue weighted by atomic mass is 9.84. The number of amides is 1. The summed E-state index contributed by atoms with van der Waals surface area (Å²) in [5.74, 6) is 3.01. The van der Waals surface area contributed by atoms with Gasteiger partial charge in [-0.25, -0.2) is 14.6 Å². The van der Waals surface area contributed by atoms with E-state index in [9.17, 15) is 4.79 Å². The molecule has 0 N–H and O–H groups in total. The molecule has 1 saturated heterocycles. The molecule has 3 aromatic rings. The Hall–Kier alpha value is -2.96. The van der Waals surface area contributed by atoms with E-state index in [2.05, 4.69) is 21.9 Å². The Morgan fingerprint density at radius 1 is 0.968 bits per heavy atom. The topological polar surface area (TPSA) is 67.2 Å². The van der Waals surface area contributed by atoms with Gasteiger partial charge in [-0.2, -0.15) is 5.10 Å². The molecule has 7 heteroatoms. The summed E-state index contributed by atoms with van der Waals surface area (Å²) in [4.78, 5) is 27.1. The first-order chi connectivity index (χ1) is 15.2. The van der Waals surface area contributed by atoms with Crippen LogP contribution in [0.5, 0.6) is 0 Å². The fourth-order valence-corrected chi connectivity index (χ4v) is 4.73. The third-order valence-corrected chi connectivity index (χ3v) is 6.99. The number of anilines is 1. The fraction of sp³-hybridized carbons (Fsp3) is 0.500. The smallest absolute Gasteiger partial charge is 0.225 e. The highest BCUT2D eigenvalue weighted by Gasteiger charge is 2.34. The van der Waals surface area contributed by atoms with Crippen molar-refractivity contribution in [2.75, 3.05) is 31.1 Å². The number of hydrogen-bond acceptors (Lipinski definition) is 5. The van der Waals surface area contributed by atoms with Crippen molar-refractivity contribution in [3.63, 3.8) is 0 Å². The first kappa shape index (κ1) is 18.8. The van der Waals surface area contributed by atoms with E-state index in [4.69, 9.17) is 15.1 Å². The van der Waals surface area contributed by atoms with Crippen molar-refractivity contribution in [3.05, 3.63) is 41.9 Å². The van der Waals surface area contributed by atoms with Crippen molar-refractivity contribution < 1.29 is 4.79 Å². The number of hydrogen-bond donors (Lipinski definition) is 0. The lowest BCUT2D eigenvalue weighted by molar-refractivity contribution is -0.138. The van der Waals surface area contributed by atoms with Crippen molar-refractivity contribution in [1.29, 1.82) is 0 Å². The molecule has 7 nitrogen and oxygen atoms in total. The third kappa shape index (κ3) is 3.27. The highest BCUT2D eigenvalue weighted by molar-refractivity contribution is 5.91. The molecule has 0 atom stereocenters. The van der Waals surface area contributed by atoms with Gasteiger partial charge in [-0.3, -0.25) is 4.79 Å². The van der Waals surface area contributed by atoms with Crippen molar-refractivity contribution in [1.82, 2.24) is 24.6 Å². The molecular formula is C24H28N6O. The third-order valence-electron chi connectivity index (χ3n) is 6.99. The van der Waals surface area contributed by atoms with Gasteiger partial charge >= 0.3 is 0 Å². The summed E-state index contributed by atoms with van der Waals surface area (Å²) in [6, 6.07) is 10.2. The normalized spacial score (nSPS) is 19.6. The van der Waals surface area contributed by atoms with Crippen LogP contribution in [0.25, 0.3) is 16.7 Å². The van der Waals surface area contributed by atoms with E-state index >= 15 is 0 Å². The lowest BCUT2D eigenvalue weighted by Gasteiger charge is -2.38. The predicted octanol–water partition coefficient (Wildman–Crippen LogP) is 3.45. The van der Waals surface area contributed by atoms with Gasteiger partial charge in [-0.05, 0) is 44.7 Å². The van der Waals surface area contributed by atoms with E-state index in [0.29, 0.717) is 11.8 Å². The number of fused-ring (bicyclic) bond motifs is 1. The van der Waals surface area contributed by atoms with Crippen LogP contribution in [-0.4, -0.2) is 56.7 Å². The average Bonchev–Trinajstić information content (AvgIpc) is 3.56. The maximum Gasteiger partial charge on any atom is 0.225 e. The summed E-state index contributed by atoms with van der Waals surface area (Å²) in [6.45, 7) is 5.20. The second-order valence-corrected chi connectivity index (χ2v) is 9.15. The van der Waals surface area contributed by atoms with Gasteiger partial charge in [0.25, 0.3) is 0 Å². The minimum absolute atomic E-state index is 0.269. The van der Waals surface area contributed by atoms with E-state index in [1.165, 1.54) is 6.42 Å². The SMILES string of the molecule is Cc1nn(-c2ccccc2)c2nc(C3CC3)nc(N3CCN(C(=O)C4CCC4)CC3)c12. The number of para-hydroxylation sites is 1. The Balaban J connectivity index is 1.36. The number of aromatic nitrogens is 4. The molecule has 1 aliphatic heterocycles. The first-order valence-electron chi connectivity index (χ1n) is 11.6. The average molecular weight is 417 g/mol. The maximum atomic E-state index is 12.7. The molecule has 160 valence electrons. The number of carbonyl (C=O) groups excluding carboxylic acids is 1. The fourth-order valence-electron chi connectivity index (χ4n) is 4.73. The number of piperazine rings is 1. The molecule has 0 spiro atoms. The summed E-state index contributed by atoms with van der Waals surface area (Å²) in [5, 5.41) is 5.88. The Labute approximate surface area is 182 Å². The van der Waals surface area contributed by atoms with Crippen molar-refractivity contribution in [2.24, 2.45) is 5.92 Å². The van der Waals surface area contributed by atoms with Crippen LogP contribution in [0.15, 0.2) is 30.3 Å². The molecule has 6 rings (SSSR count). The van der Waals surface area contributed by atoms with Crippen LogP contribution in [0, 0.1) is 12.8 Å². The van der Waals surface area contributed by atoms with E-state index in [1.807, 2.05) is 29.8 Å². The summed E-state index contributed by atoms with van der Waals surface area (Å²) < 4.78 is 1.96. The summed E-state index contributed by atoms with van der Waals surface area (Å²) >= 11 is 0. The van der Waals surface area contributed by atoms with Gasteiger partial charge in [0.05, 0.1) is 16.8 Å². The van der Waals surface area contributed by atoms with Crippen LogP contribution in [-0.2, 0) is 4.79 Å². The van der Waals surface area contributed by atoms with Gasteiger partial charge in [-0.1, -0.05) is 24.6 Å². The standard InChI is InChI=1S/C24H28N6O/c1-16-20-22(28-12-14-29(15-13-28)24(31)18-6-5-7-18)25-21(17-10-11-17)26-23(20)30(27-16)19-8-3-2-4-9-19/h2-4,8-9,17-18H,5-7,10-15H2,1H3. The van der Waals surface area contributed by atoms with E-state index < -0.39 is 0 Å². The maximum absolute atomic E-state index is 12.7. The molecule has 3 fully saturated rings. The molecule has 2 aromatic heterocycles. The number of aryl methyl sites for hydroxylation is 1. The van der Waals surface area contributed by atoms with Crippen LogP contribution in [0.3, 0.4) is 0 Å².